The van der Waals surface area contributed by atoms with Crippen molar-refractivity contribution in [2.24, 2.45) is 5.10 Å². The van der Waals surface area contributed by atoms with Crippen molar-refractivity contribution in [1.82, 2.24) is 25.6 Å². The van der Waals surface area contributed by atoms with Gasteiger partial charge in [-0.25, -0.2) is 5.43 Å². The molecule has 0 radical (unpaired) electrons. The number of tetrazole rings is 1. The number of hydrazone groups is 1. The minimum atomic E-state index is -0.298. The van der Waals surface area contributed by atoms with Gasteiger partial charge in [-0.2, -0.15) is 9.90 Å². The van der Waals surface area contributed by atoms with Crippen LogP contribution < -0.4 is 5.43 Å². The summed E-state index contributed by atoms with van der Waals surface area (Å²) in [5, 5.41) is 16.6. The number of nitrogens with zero attached hydrogens (tertiary/aromatic N) is 5. The summed E-state index contributed by atoms with van der Waals surface area (Å²) in [4.78, 5) is 13.8. The minimum Gasteiger partial charge on any atom is -0.463 e. The predicted molar refractivity (Wildman–Crippen MR) is 107 cm³/mol. The van der Waals surface area contributed by atoms with E-state index in [0.717, 1.165) is 11.1 Å². The zero-order chi connectivity index (χ0) is 20.1. The molecule has 29 heavy (non-hydrogen) atoms. The summed E-state index contributed by atoms with van der Waals surface area (Å²) in [6, 6.07) is 20.4. The molecule has 8 heteroatoms. The van der Waals surface area contributed by atoms with Crippen molar-refractivity contribution < 1.29 is 9.21 Å². The average molecular weight is 386 g/mol. The van der Waals surface area contributed by atoms with Gasteiger partial charge in [0.1, 0.15) is 11.5 Å². The average Bonchev–Trinajstić information content (AvgIpc) is 3.45. The van der Waals surface area contributed by atoms with E-state index in [2.05, 4.69) is 25.9 Å². The van der Waals surface area contributed by atoms with E-state index >= 15 is 0 Å². The van der Waals surface area contributed by atoms with Crippen molar-refractivity contribution in [3.8, 4) is 11.4 Å². The number of aromatic nitrogens is 4. The van der Waals surface area contributed by atoms with Crippen LogP contribution >= 0.6 is 0 Å². The van der Waals surface area contributed by atoms with Gasteiger partial charge in [-0.1, -0.05) is 42.5 Å². The van der Waals surface area contributed by atoms with Crippen molar-refractivity contribution in [3.63, 3.8) is 0 Å². The predicted octanol–water partition coefficient (Wildman–Crippen LogP) is 3.14. The first kappa shape index (κ1) is 18.3. The Bertz CT molecular complexity index is 1120. The Balaban J connectivity index is 1.38. The SMILES string of the molecule is C/C(=N\NC(=O)c1ccc(Cn2nnc(-c3ccccc3)n2)cc1)c1ccco1. The molecule has 2 aromatic heterocycles. The molecule has 8 nitrogen and oxygen atoms in total. The van der Waals surface area contributed by atoms with E-state index in [1.54, 1.807) is 37.5 Å². The quantitative estimate of drug-likeness (QED) is 0.405. The molecule has 0 aliphatic rings. The standard InChI is InChI=1S/C21H18N6O2/c1-15(19-8-5-13-29-19)22-24-21(28)18-11-9-16(10-12-18)14-27-25-20(23-26-27)17-6-3-2-4-7-17/h2-13H,14H2,1H3,(H,24,28)/b22-15+. The number of carbonyl (C=O) groups excluding carboxylic acids is 1. The molecule has 144 valence electrons. The highest BCUT2D eigenvalue weighted by molar-refractivity contribution is 5.99. The zero-order valence-corrected chi connectivity index (χ0v) is 15.7. The largest absolute Gasteiger partial charge is 0.463 e. The Morgan fingerprint density at radius 1 is 1.07 bits per heavy atom. The maximum atomic E-state index is 12.3. The molecule has 0 aliphatic carbocycles. The molecule has 2 aromatic carbocycles. The molecule has 2 heterocycles. The van der Waals surface area contributed by atoms with Crippen molar-refractivity contribution >= 4 is 11.6 Å². The molecule has 1 N–H and O–H groups in total. The second-order valence-corrected chi connectivity index (χ2v) is 6.32. The third kappa shape index (κ3) is 4.44. The number of hydrogen-bond donors (Lipinski definition) is 1. The van der Waals surface area contributed by atoms with Crippen LogP contribution in [-0.2, 0) is 6.54 Å². The van der Waals surface area contributed by atoms with Gasteiger partial charge in [-0.15, -0.1) is 10.2 Å². The summed E-state index contributed by atoms with van der Waals surface area (Å²) in [5.74, 6) is 0.884. The van der Waals surface area contributed by atoms with Crippen LogP contribution in [0.3, 0.4) is 0 Å². The highest BCUT2D eigenvalue weighted by Gasteiger charge is 2.08. The first-order chi connectivity index (χ1) is 14.2. The fraction of sp³-hybridized carbons (Fsp3) is 0.0952. The van der Waals surface area contributed by atoms with Crippen LogP contribution in [0.15, 0.2) is 82.5 Å². The Kier molecular flexibility index (Phi) is 5.24. The number of amides is 1. The van der Waals surface area contributed by atoms with E-state index in [0.29, 0.717) is 29.4 Å². The van der Waals surface area contributed by atoms with Crippen LogP contribution in [0.25, 0.3) is 11.4 Å². The van der Waals surface area contributed by atoms with E-state index in [9.17, 15) is 4.79 Å². The number of hydrogen-bond acceptors (Lipinski definition) is 6. The van der Waals surface area contributed by atoms with Gasteiger partial charge in [-0.05, 0) is 42.0 Å². The lowest BCUT2D eigenvalue weighted by molar-refractivity contribution is 0.0955. The Morgan fingerprint density at radius 2 is 1.86 bits per heavy atom. The second kappa shape index (κ2) is 8.30. The molecule has 0 saturated heterocycles. The highest BCUT2D eigenvalue weighted by Crippen LogP contribution is 2.12. The van der Waals surface area contributed by atoms with Gasteiger partial charge in [0.2, 0.25) is 5.82 Å². The van der Waals surface area contributed by atoms with Gasteiger partial charge in [0.05, 0.1) is 12.8 Å². The molecule has 0 bridgehead atoms. The summed E-state index contributed by atoms with van der Waals surface area (Å²) >= 11 is 0. The Labute approximate surface area is 166 Å². The summed E-state index contributed by atoms with van der Waals surface area (Å²) in [5.41, 5.74) is 5.48. The first-order valence-electron chi connectivity index (χ1n) is 9.00. The Morgan fingerprint density at radius 3 is 2.59 bits per heavy atom. The van der Waals surface area contributed by atoms with Crippen molar-refractivity contribution in [1.29, 1.82) is 0 Å². The van der Waals surface area contributed by atoms with Crippen LogP contribution in [0.1, 0.15) is 28.6 Å². The van der Waals surface area contributed by atoms with E-state index in [-0.39, 0.29) is 5.91 Å². The minimum absolute atomic E-state index is 0.298. The first-order valence-corrected chi connectivity index (χ1v) is 9.00. The monoisotopic (exact) mass is 386 g/mol. The number of furan rings is 1. The van der Waals surface area contributed by atoms with Crippen LogP contribution in [0.4, 0.5) is 0 Å². The van der Waals surface area contributed by atoms with Gasteiger partial charge in [0, 0.05) is 11.1 Å². The summed E-state index contributed by atoms with van der Waals surface area (Å²) < 4.78 is 5.23. The van der Waals surface area contributed by atoms with Gasteiger partial charge in [0.25, 0.3) is 5.91 Å². The summed E-state index contributed by atoms with van der Waals surface area (Å²) in [6.07, 6.45) is 1.56. The number of nitrogens with one attached hydrogen (secondary N) is 1. The molecule has 4 aromatic rings. The molecule has 0 spiro atoms. The summed E-state index contributed by atoms with van der Waals surface area (Å²) in [7, 11) is 0. The normalized spacial score (nSPS) is 11.4. The van der Waals surface area contributed by atoms with Crippen molar-refractivity contribution in [2.45, 2.75) is 13.5 Å². The molecule has 0 atom stereocenters. The maximum Gasteiger partial charge on any atom is 0.271 e. The fourth-order valence-corrected chi connectivity index (χ4v) is 2.68. The van der Waals surface area contributed by atoms with E-state index in [4.69, 9.17) is 4.42 Å². The van der Waals surface area contributed by atoms with Crippen LogP contribution in [-0.4, -0.2) is 31.8 Å². The fourth-order valence-electron chi connectivity index (χ4n) is 2.68. The number of benzene rings is 2. The maximum absolute atomic E-state index is 12.3. The molecule has 0 aliphatic heterocycles. The van der Waals surface area contributed by atoms with Gasteiger partial charge in [-0.3, -0.25) is 4.79 Å². The number of rotatable bonds is 6. The molecule has 4 rings (SSSR count). The third-order valence-corrected chi connectivity index (χ3v) is 4.23. The van der Waals surface area contributed by atoms with Crippen LogP contribution in [0, 0.1) is 0 Å². The van der Waals surface area contributed by atoms with Crippen molar-refractivity contribution in [3.05, 3.63) is 89.9 Å². The Hall–Kier alpha value is -4.07. The smallest absolute Gasteiger partial charge is 0.271 e. The van der Waals surface area contributed by atoms with E-state index in [1.807, 2.05) is 42.5 Å². The molecular weight excluding hydrogens is 368 g/mol. The topological polar surface area (TPSA) is 98.2 Å². The third-order valence-electron chi connectivity index (χ3n) is 4.23. The molecule has 0 saturated carbocycles. The van der Waals surface area contributed by atoms with E-state index < -0.39 is 0 Å². The zero-order valence-electron chi connectivity index (χ0n) is 15.7. The van der Waals surface area contributed by atoms with Gasteiger partial charge in [0.15, 0.2) is 0 Å². The molecule has 0 unspecified atom stereocenters. The highest BCUT2D eigenvalue weighted by atomic mass is 16.3. The molecule has 1 amide bonds. The molecule has 0 fully saturated rings. The van der Waals surface area contributed by atoms with Crippen molar-refractivity contribution in [2.75, 3.05) is 0 Å². The van der Waals surface area contributed by atoms with Crippen LogP contribution in [0.5, 0.6) is 0 Å². The molecular formula is C21H18N6O2. The van der Waals surface area contributed by atoms with Gasteiger partial charge >= 0.3 is 0 Å². The van der Waals surface area contributed by atoms with Crippen LogP contribution in [0.2, 0.25) is 0 Å². The lowest BCUT2D eigenvalue weighted by atomic mass is 10.1. The van der Waals surface area contributed by atoms with E-state index in [1.165, 1.54) is 4.80 Å². The second-order valence-electron chi connectivity index (χ2n) is 6.32. The summed E-state index contributed by atoms with van der Waals surface area (Å²) in [6.45, 7) is 2.22. The number of carbonyl (C=O) groups is 1. The van der Waals surface area contributed by atoms with Gasteiger partial charge < -0.3 is 4.42 Å². The lowest BCUT2D eigenvalue weighted by Crippen LogP contribution is -2.19. The lowest BCUT2D eigenvalue weighted by Gasteiger charge is -2.03.